The minimum absolute atomic E-state index is 0.374. The summed E-state index contributed by atoms with van der Waals surface area (Å²) >= 11 is 2.10. The Balaban J connectivity index is 1.69. The number of nitrogens with one attached hydrogen (secondary N) is 1. The smallest absolute Gasteiger partial charge is 0.0135 e. The van der Waals surface area contributed by atoms with Crippen LogP contribution in [0.25, 0.3) is 0 Å². The van der Waals surface area contributed by atoms with Crippen molar-refractivity contribution in [3.8, 4) is 0 Å². The van der Waals surface area contributed by atoms with Crippen LogP contribution < -0.4 is 5.32 Å². The molecule has 2 aliphatic rings. The molecule has 0 unspecified atom stereocenters. The lowest BCUT2D eigenvalue weighted by Gasteiger charge is -2.28. The molecule has 2 heteroatoms. The third-order valence-electron chi connectivity index (χ3n) is 5.15. The molecule has 19 heavy (non-hydrogen) atoms. The summed E-state index contributed by atoms with van der Waals surface area (Å²) in [5.41, 5.74) is 2.35. The van der Waals surface area contributed by atoms with Crippen molar-refractivity contribution in [1.82, 2.24) is 5.32 Å². The Morgan fingerprint density at radius 2 is 1.79 bits per heavy atom. The van der Waals surface area contributed by atoms with Crippen LogP contribution in [-0.2, 0) is 5.41 Å². The fourth-order valence-corrected chi connectivity index (χ4v) is 4.69. The number of benzene rings is 1. The van der Waals surface area contributed by atoms with Crippen molar-refractivity contribution in [1.29, 1.82) is 0 Å². The molecule has 1 aliphatic heterocycles. The molecule has 0 spiro atoms. The zero-order valence-electron chi connectivity index (χ0n) is 12.1. The van der Waals surface area contributed by atoms with Crippen molar-refractivity contribution in [3.63, 3.8) is 0 Å². The summed E-state index contributed by atoms with van der Waals surface area (Å²) < 4.78 is 0. The van der Waals surface area contributed by atoms with Crippen LogP contribution in [-0.4, -0.2) is 24.1 Å². The first kappa shape index (κ1) is 13.5. The van der Waals surface area contributed by atoms with E-state index in [2.05, 4.69) is 61.3 Å². The van der Waals surface area contributed by atoms with E-state index < -0.39 is 0 Å². The van der Waals surface area contributed by atoms with E-state index in [0.29, 0.717) is 10.8 Å². The highest BCUT2D eigenvalue weighted by Gasteiger charge is 2.61. The van der Waals surface area contributed by atoms with Crippen molar-refractivity contribution in [3.05, 3.63) is 35.9 Å². The predicted molar refractivity (Wildman–Crippen MR) is 84.9 cm³/mol. The summed E-state index contributed by atoms with van der Waals surface area (Å²) in [6.45, 7) is 5.98. The van der Waals surface area contributed by atoms with Gasteiger partial charge in [-0.2, -0.15) is 11.8 Å². The van der Waals surface area contributed by atoms with Gasteiger partial charge in [-0.25, -0.2) is 0 Å². The second kappa shape index (κ2) is 5.14. The third-order valence-corrected chi connectivity index (χ3v) is 6.20. The van der Waals surface area contributed by atoms with Gasteiger partial charge in [-0.15, -0.1) is 0 Å². The monoisotopic (exact) mass is 275 g/mol. The highest BCUT2D eigenvalue weighted by Crippen LogP contribution is 2.63. The maximum atomic E-state index is 3.87. The first-order valence-electron chi connectivity index (χ1n) is 7.51. The van der Waals surface area contributed by atoms with Gasteiger partial charge in [0.25, 0.3) is 0 Å². The van der Waals surface area contributed by atoms with Gasteiger partial charge in [-0.05, 0) is 41.7 Å². The maximum absolute atomic E-state index is 3.87. The van der Waals surface area contributed by atoms with Crippen LogP contribution in [0.15, 0.2) is 30.3 Å². The van der Waals surface area contributed by atoms with Crippen LogP contribution >= 0.6 is 11.8 Å². The van der Waals surface area contributed by atoms with Gasteiger partial charge in [0.15, 0.2) is 0 Å². The molecule has 1 heterocycles. The van der Waals surface area contributed by atoms with Crippen LogP contribution in [0.3, 0.4) is 0 Å². The van der Waals surface area contributed by atoms with E-state index in [0.717, 1.165) is 12.6 Å². The normalized spacial score (nSPS) is 30.2. The lowest BCUT2D eigenvalue weighted by molar-refractivity contribution is 0.406. The molecule has 1 saturated heterocycles. The molecule has 104 valence electrons. The minimum atomic E-state index is 0.374. The average molecular weight is 275 g/mol. The number of thioether (sulfide) groups is 1. The van der Waals surface area contributed by atoms with Crippen LogP contribution in [0.4, 0.5) is 0 Å². The van der Waals surface area contributed by atoms with Crippen molar-refractivity contribution < 1.29 is 0 Å². The van der Waals surface area contributed by atoms with Gasteiger partial charge >= 0.3 is 0 Å². The Morgan fingerprint density at radius 1 is 1.16 bits per heavy atom. The Labute approximate surface area is 121 Å². The molecule has 1 aromatic rings. The van der Waals surface area contributed by atoms with E-state index in [1.165, 1.54) is 36.3 Å². The molecule has 0 amide bonds. The van der Waals surface area contributed by atoms with Crippen molar-refractivity contribution >= 4 is 11.8 Å². The molecule has 1 saturated carbocycles. The summed E-state index contributed by atoms with van der Waals surface area (Å²) in [6.07, 6.45) is 4.00. The third kappa shape index (κ3) is 2.57. The molecule has 1 N–H and O–H groups in total. The summed E-state index contributed by atoms with van der Waals surface area (Å²) in [7, 11) is 0. The van der Waals surface area contributed by atoms with E-state index in [1.807, 2.05) is 0 Å². The molecule has 3 rings (SSSR count). The van der Waals surface area contributed by atoms with Gasteiger partial charge < -0.3 is 5.32 Å². The molecular weight excluding hydrogens is 250 g/mol. The molecule has 1 atom stereocenters. The molecule has 1 aliphatic carbocycles. The SMILES string of the molecule is CC1(C)C[C@]1(CNC1CCSCC1)c1ccccc1. The van der Waals surface area contributed by atoms with Crippen molar-refractivity contribution in [2.75, 3.05) is 18.1 Å². The topological polar surface area (TPSA) is 12.0 Å². The molecule has 0 bridgehead atoms. The van der Waals surface area contributed by atoms with Gasteiger partial charge in [0.05, 0.1) is 0 Å². The summed E-state index contributed by atoms with van der Waals surface area (Å²) in [6, 6.07) is 11.9. The van der Waals surface area contributed by atoms with Gasteiger partial charge in [0.1, 0.15) is 0 Å². The first-order valence-corrected chi connectivity index (χ1v) is 8.66. The van der Waals surface area contributed by atoms with E-state index in [1.54, 1.807) is 0 Å². The standard InChI is InChI=1S/C17H25NS/c1-16(2)12-17(16,14-6-4-3-5-7-14)13-18-15-8-10-19-11-9-15/h3-7,15,18H,8-13H2,1-2H3/t17-/m0/s1. The van der Waals surface area contributed by atoms with Gasteiger partial charge in [0.2, 0.25) is 0 Å². The highest BCUT2D eigenvalue weighted by molar-refractivity contribution is 7.99. The molecule has 0 aromatic heterocycles. The van der Waals surface area contributed by atoms with E-state index >= 15 is 0 Å². The molecule has 1 nitrogen and oxygen atoms in total. The maximum Gasteiger partial charge on any atom is 0.0135 e. The average Bonchev–Trinajstić information content (AvgIpc) is 3.02. The van der Waals surface area contributed by atoms with Crippen LogP contribution in [0.5, 0.6) is 0 Å². The fourth-order valence-electron chi connectivity index (χ4n) is 3.58. The Hall–Kier alpha value is -0.470. The van der Waals surface area contributed by atoms with Gasteiger partial charge in [-0.3, -0.25) is 0 Å². The first-order chi connectivity index (χ1) is 9.14. The van der Waals surface area contributed by atoms with Crippen molar-refractivity contribution in [2.24, 2.45) is 5.41 Å². The van der Waals surface area contributed by atoms with E-state index in [-0.39, 0.29) is 0 Å². The second-order valence-corrected chi connectivity index (χ2v) is 8.00. The van der Waals surface area contributed by atoms with Gasteiger partial charge in [-0.1, -0.05) is 44.2 Å². The van der Waals surface area contributed by atoms with Crippen LogP contribution in [0, 0.1) is 5.41 Å². The predicted octanol–water partition coefficient (Wildman–Crippen LogP) is 3.84. The zero-order valence-corrected chi connectivity index (χ0v) is 12.9. The molecule has 1 aromatic carbocycles. The fraction of sp³-hybridized carbons (Fsp3) is 0.647. The minimum Gasteiger partial charge on any atom is -0.313 e. The summed E-state index contributed by atoms with van der Waals surface area (Å²) in [4.78, 5) is 0. The Bertz CT molecular complexity index is 422. The lowest BCUT2D eigenvalue weighted by atomic mass is 9.87. The van der Waals surface area contributed by atoms with Crippen LogP contribution in [0.1, 0.15) is 38.7 Å². The molecular formula is C17H25NS. The zero-order chi connectivity index (χ0) is 13.3. The Kier molecular flexibility index (Phi) is 3.65. The number of hydrogen-bond donors (Lipinski definition) is 1. The van der Waals surface area contributed by atoms with Crippen molar-refractivity contribution in [2.45, 2.75) is 44.6 Å². The molecule has 2 fully saturated rings. The lowest BCUT2D eigenvalue weighted by Crippen LogP contribution is -2.39. The number of hydrogen-bond acceptors (Lipinski definition) is 2. The summed E-state index contributed by atoms with van der Waals surface area (Å²) in [5.74, 6) is 2.67. The quantitative estimate of drug-likeness (QED) is 0.896. The molecule has 0 radical (unpaired) electrons. The van der Waals surface area contributed by atoms with E-state index in [4.69, 9.17) is 0 Å². The van der Waals surface area contributed by atoms with E-state index in [9.17, 15) is 0 Å². The number of rotatable bonds is 4. The second-order valence-electron chi connectivity index (χ2n) is 6.78. The largest absolute Gasteiger partial charge is 0.313 e. The van der Waals surface area contributed by atoms with Gasteiger partial charge in [0, 0.05) is 18.0 Å². The van der Waals surface area contributed by atoms with Crippen LogP contribution in [0.2, 0.25) is 0 Å². The highest BCUT2D eigenvalue weighted by atomic mass is 32.2. The summed E-state index contributed by atoms with van der Waals surface area (Å²) in [5, 5.41) is 3.87. The Morgan fingerprint density at radius 3 is 2.37 bits per heavy atom.